The minimum absolute atomic E-state index is 0.965. The minimum atomic E-state index is 0.965. The lowest BCUT2D eigenvalue weighted by Crippen LogP contribution is -1.92. The van der Waals surface area contributed by atoms with Gasteiger partial charge in [-0.2, -0.15) is 0 Å². The standard InChI is InChI=1S/C11H13N3.C2H6/c1-8-4-6-10(7-5-8)11-9(2)14(3)13-12-11;1-2/h4-7H,1-3H3;1-2H3. The van der Waals surface area contributed by atoms with Gasteiger partial charge in [-0.15, -0.1) is 5.10 Å². The molecule has 0 spiro atoms. The number of nitrogens with zero attached hydrogens (tertiary/aromatic N) is 3. The third-order valence-corrected chi connectivity index (χ3v) is 2.43. The van der Waals surface area contributed by atoms with Gasteiger partial charge >= 0.3 is 0 Å². The summed E-state index contributed by atoms with van der Waals surface area (Å²) < 4.78 is 1.79. The van der Waals surface area contributed by atoms with Gasteiger partial charge in [-0.05, 0) is 13.8 Å². The Labute approximate surface area is 97.1 Å². The van der Waals surface area contributed by atoms with E-state index < -0.39 is 0 Å². The zero-order chi connectivity index (χ0) is 12.1. The van der Waals surface area contributed by atoms with Crippen LogP contribution < -0.4 is 0 Å². The van der Waals surface area contributed by atoms with E-state index in [0.717, 1.165) is 17.0 Å². The smallest absolute Gasteiger partial charge is 0.115 e. The summed E-state index contributed by atoms with van der Waals surface area (Å²) in [4.78, 5) is 0. The molecule has 0 saturated carbocycles. The summed E-state index contributed by atoms with van der Waals surface area (Å²) in [6.07, 6.45) is 0. The van der Waals surface area contributed by atoms with Gasteiger partial charge in [0.2, 0.25) is 0 Å². The summed E-state index contributed by atoms with van der Waals surface area (Å²) in [5, 5.41) is 8.11. The summed E-state index contributed by atoms with van der Waals surface area (Å²) >= 11 is 0. The van der Waals surface area contributed by atoms with Crippen LogP contribution in [0.2, 0.25) is 0 Å². The van der Waals surface area contributed by atoms with Gasteiger partial charge in [0, 0.05) is 12.6 Å². The first-order valence-corrected chi connectivity index (χ1v) is 5.62. The molecule has 16 heavy (non-hydrogen) atoms. The van der Waals surface area contributed by atoms with Crippen molar-refractivity contribution in [1.82, 2.24) is 15.0 Å². The molecule has 3 nitrogen and oxygen atoms in total. The number of benzene rings is 1. The van der Waals surface area contributed by atoms with Gasteiger partial charge in [-0.25, -0.2) is 0 Å². The van der Waals surface area contributed by atoms with Crippen LogP contribution in [0.15, 0.2) is 24.3 Å². The molecule has 1 aromatic heterocycles. The van der Waals surface area contributed by atoms with E-state index in [1.165, 1.54) is 5.56 Å². The Morgan fingerprint density at radius 1 is 1.00 bits per heavy atom. The summed E-state index contributed by atoms with van der Waals surface area (Å²) in [7, 11) is 1.90. The molecule has 3 heteroatoms. The Kier molecular flexibility index (Phi) is 4.23. The highest BCUT2D eigenvalue weighted by atomic mass is 15.4. The van der Waals surface area contributed by atoms with Gasteiger partial charge < -0.3 is 0 Å². The van der Waals surface area contributed by atoms with Crippen LogP contribution in [0.3, 0.4) is 0 Å². The minimum Gasteiger partial charge on any atom is -0.252 e. The molecule has 0 amide bonds. The topological polar surface area (TPSA) is 30.7 Å². The second-order valence-corrected chi connectivity index (χ2v) is 3.51. The maximum atomic E-state index is 4.13. The fraction of sp³-hybridized carbons (Fsp3) is 0.385. The van der Waals surface area contributed by atoms with Crippen LogP contribution in [0.4, 0.5) is 0 Å². The molecule has 2 rings (SSSR count). The Morgan fingerprint density at radius 3 is 2.00 bits per heavy atom. The SMILES string of the molecule is CC.Cc1ccc(-c2nnn(C)c2C)cc1. The molecule has 0 unspecified atom stereocenters. The fourth-order valence-corrected chi connectivity index (χ4v) is 1.38. The summed E-state index contributed by atoms with van der Waals surface area (Å²) in [6, 6.07) is 8.32. The van der Waals surface area contributed by atoms with E-state index in [4.69, 9.17) is 0 Å². The average Bonchev–Trinajstić information content (AvgIpc) is 2.64. The van der Waals surface area contributed by atoms with Crippen molar-refractivity contribution in [3.05, 3.63) is 35.5 Å². The van der Waals surface area contributed by atoms with E-state index in [2.05, 4.69) is 41.5 Å². The normalized spacial score (nSPS) is 9.56. The summed E-state index contributed by atoms with van der Waals surface area (Å²) in [5.74, 6) is 0. The van der Waals surface area contributed by atoms with Crippen LogP contribution in [-0.4, -0.2) is 15.0 Å². The van der Waals surface area contributed by atoms with E-state index in [1.807, 2.05) is 27.8 Å². The third-order valence-electron chi connectivity index (χ3n) is 2.43. The monoisotopic (exact) mass is 217 g/mol. The number of hydrogen-bond donors (Lipinski definition) is 0. The zero-order valence-corrected chi connectivity index (χ0v) is 10.7. The van der Waals surface area contributed by atoms with E-state index in [0.29, 0.717) is 0 Å². The van der Waals surface area contributed by atoms with Gasteiger partial charge in [0.15, 0.2) is 0 Å². The van der Waals surface area contributed by atoms with Crippen molar-refractivity contribution in [2.75, 3.05) is 0 Å². The van der Waals surface area contributed by atoms with Gasteiger partial charge in [0.25, 0.3) is 0 Å². The average molecular weight is 217 g/mol. The molecule has 0 fully saturated rings. The van der Waals surface area contributed by atoms with Crippen molar-refractivity contribution in [2.24, 2.45) is 7.05 Å². The Balaban J connectivity index is 0.000000606. The van der Waals surface area contributed by atoms with Crippen molar-refractivity contribution in [1.29, 1.82) is 0 Å². The number of aryl methyl sites for hydroxylation is 2. The molecule has 86 valence electrons. The molecule has 0 radical (unpaired) electrons. The van der Waals surface area contributed by atoms with Crippen LogP contribution in [-0.2, 0) is 7.05 Å². The summed E-state index contributed by atoms with van der Waals surface area (Å²) in [6.45, 7) is 8.10. The van der Waals surface area contributed by atoms with E-state index in [-0.39, 0.29) is 0 Å². The van der Waals surface area contributed by atoms with Crippen LogP contribution in [0.5, 0.6) is 0 Å². The first kappa shape index (κ1) is 12.4. The molecule has 0 N–H and O–H groups in total. The van der Waals surface area contributed by atoms with Gasteiger partial charge in [0.05, 0.1) is 5.69 Å². The van der Waals surface area contributed by atoms with Crippen LogP contribution in [0.25, 0.3) is 11.3 Å². The molecular formula is C13H19N3. The first-order valence-electron chi connectivity index (χ1n) is 5.62. The molecule has 2 aromatic rings. The number of rotatable bonds is 1. The molecule has 1 heterocycles. The predicted octanol–water partition coefficient (Wildman–Crippen LogP) is 3.13. The lowest BCUT2D eigenvalue weighted by atomic mass is 10.1. The number of aromatic nitrogens is 3. The quantitative estimate of drug-likeness (QED) is 0.734. The van der Waals surface area contributed by atoms with E-state index in [1.54, 1.807) is 4.68 Å². The molecule has 1 aromatic carbocycles. The van der Waals surface area contributed by atoms with Crippen molar-refractivity contribution in [3.63, 3.8) is 0 Å². The highest BCUT2D eigenvalue weighted by Crippen LogP contribution is 2.19. The van der Waals surface area contributed by atoms with Crippen LogP contribution in [0, 0.1) is 13.8 Å². The summed E-state index contributed by atoms with van der Waals surface area (Å²) in [5.41, 5.74) is 4.44. The van der Waals surface area contributed by atoms with Crippen molar-refractivity contribution < 1.29 is 0 Å². The predicted molar refractivity (Wildman–Crippen MR) is 67.3 cm³/mol. The molecule has 0 aliphatic carbocycles. The second-order valence-electron chi connectivity index (χ2n) is 3.51. The molecule has 0 saturated heterocycles. The van der Waals surface area contributed by atoms with Gasteiger partial charge in [0.1, 0.15) is 5.69 Å². The maximum absolute atomic E-state index is 4.13. The molecular weight excluding hydrogens is 198 g/mol. The second kappa shape index (κ2) is 5.45. The Hall–Kier alpha value is -1.64. The first-order chi connectivity index (χ1) is 7.68. The van der Waals surface area contributed by atoms with Crippen molar-refractivity contribution >= 4 is 0 Å². The fourth-order valence-electron chi connectivity index (χ4n) is 1.38. The Morgan fingerprint density at radius 2 is 1.56 bits per heavy atom. The zero-order valence-electron chi connectivity index (χ0n) is 10.7. The largest absolute Gasteiger partial charge is 0.252 e. The number of hydrogen-bond acceptors (Lipinski definition) is 2. The van der Waals surface area contributed by atoms with Gasteiger partial charge in [-0.3, -0.25) is 4.68 Å². The lowest BCUT2D eigenvalue weighted by Gasteiger charge is -1.99. The van der Waals surface area contributed by atoms with E-state index >= 15 is 0 Å². The highest BCUT2D eigenvalue weighted by Gasteiger charge is 2.07. The Bertz CT molecular complexity index is 441. The third kappa shape index (κ3) is 2.48. The van der Waals surface area contributed by atoms with E-state index in [9.17, 15) is 0 Å². The highest BCUT2D eigenvalue weighted by molar-refractivity contribution is 5.61. The maximum Gasteiger partial charge on any atom is 0.115 e. The van der Waals surface area contributed by atoms with Crippen LogP contribution >= 0.6 is 0 Å². The molecule has 0 aliphatic rings. The molecule has 0 bridgehead atoms. The molecule has 0 aliphatic heterocycles. The molecule has 0 atom stereocenters. The van der Waals surface area contributed by atoms with Crippen molar-refractivity contribution in [3.8, 4) is 11.3 Å². The lowest BCUT2D eigenvalue weighted by molar-refractivity contribution is 0.696. The van der Waals surface area contributed by atoms with Crippen LogP contribution in [0.1, 0.15) is 25.1 Å². The van der Waals surface area contributed by atoms with Gasteiger partial charge in [-0.1, -0.05) is 48.9 Å². The van der Waals surface area contributed by atoms with Crippen molar-refractivity contribution in [2.45, 2.75) is 27.7 Å².